The number of halogens is 1. The maximum Gasteiger partial charge on any atom is 0.259 e. The van der Waals surface area contributed by atoms with Gasteiger partial charge < -0.3 is 15.2 Å². The van der Waals surface area contributed by atoms with E-state index >= 15 is 0 Å². The van der Waals surface area contributed by atoms with Gasteiger partial charge in [0.05, 0.1) is 23.7 Å². The van der Waals surface area contributed by atoms with Gasteiger partial charge in [-0.2, -0.15) is 0 Å². The normalized spacial score (nSPS) is 19.2. The molecule has 2 aromatic rings. The van der Waals surface area contributed by atoms with E-state index in [0.29, 0.717) is 30.5 Å². The van der Waals surface area contributed by atoms with E-state index in [1.807, 2.05) is 0 Å². The lowest BCUT2D eigenvalue weighted by molar-refractivity contribution is 0.102. The smallest absolute Gasteiger partial charge is 0.259 e. The summed E-state index contributed by atoms with van der Waals surface area (Å²) in [6, 6.07) is 7.78. The fourth-order valence-electron chi connectivity index (χ4n) is 3.30. The van der Waals surface area contributed by atoms with Crippen LogP contribution in [0.3, 0.4) is 0 Å². The van der Waals surface area contributed by atoms with Crippen LogP contribution >= 0.6 is 0 Å². The predicted molar refractivity (Wildman–Crippen MR) is 106 cm³/mol. The number of aliphatic hydroxyl groups is 1. The minimum Gasteiger partial charge on any atom is -0.496 e. The Bertz CT molecular complexity index is 1030. The molecule has 0 saturated heterocycles. The third-order valence-corrected chi connectivity index (χ3v) is 6.39. The van der Waals surface area contributed by atoms with E-state index in [1.165, 1.54) is 43.5 Å². The van der Waals surface area contributed by atoms with E-state index in [0.717, 1.165) is 0 Å². The van der Waals surface area contributed by atoms with E-state index in [1.54, 1.807) is 6.92 Å². The Balaban J connectivity index is 1.86. The van der Waals surface area contributed by atoms with E-state index in [2.05, 4.69) is 10.0 Å². The number of amides is 1. The first-order valence-electron chi connectivity index (χ1n) is 9.15. The van der Waals surface area contributed by atoms with Crippen molar-refractivity contribution in [3.63, 3.8) is 0 Å². The molecule has 1 saturated carbocycles. The van der Waals surface area contributed by atoms with Crippen LogP contribution in [0, 0.1) is 12.7 Å². The maximum absolute atomic E-state index is 13.4. The minimum absolute atomic E-state index is 0.0313. The molecule has 0 spiro atoms. The molecule has 3 N–H and O–H groups in total. The highest BCUT2D eigenvalue weighted by molar-refractivity contribution is 7.89. The summed E-state index contributed by atoms with van der Waals surface area (Å²) < 4.78 is 46.6. The van der Waals surface area contributed by atoms with E-state index in [-0.39, 0.29) is 22.3 Å². The Morgan fingerprint density at radius 3 is 2.59 bits per heavy atom. The molecule has 9 heteroatoms. The van der Waals surface area contributed by atoms with Crippen LogP contribution in [0.5, 0.6) is 5.75 Å². The first-order valence-corrected chi connectivity index (χ1v) is 10.6. The Morgan fingerprint density at radius 2 is 1.97 bits per heavy atom. The van der Waals surface area contributed by atoms with Gasteiger partial charge in [-0.05, 0) is 68.1 Å². The fourth-order valence-corrected chi connectivity index (χ4v) is 4.61. The summed E-state index contributed by atoms with van der Waals surface area (Å²) >= 11 is 0. The van der Waals surface area contributed by atoms with Gasteiger partial charge in [0.15, 0.2) is 0 Å². The Hall–Kier alpha value is -2.49. The zero-order valence-corrected chi connectivity index (χ0v) is 16.9. The van der Waals surface area contributed by atoms with Crippen molar-refractivity contribution in [2.45, 2.75) is 43.2 Å². The number of anilines is 1. The summed E-state index contributed by atoms with van der Waals surface area (Å²) in [5.74, 6) is -0.769. The first-order chi connectivity index (χ1) is 13.7. The second-order valence-corrected chi connectivity index (χ2v) is 8.78. The van der Waals surface area contributed by atoms with Crippen molar-refractivity contribution in [3.05, 3.63) is 53.3 Å². The van der Waals surface area contributed by atoms with Crippen LogP contribution in [0.15, 0.2) is 41.3 Å². The average molecular weight is 422 g/mol. The number of carbonyl (C=O) groups excluding carboxylic acids is 1. The fraction of sp³-hybridized carbons (Fsp3) is 0.350. The lowest BCUT2D eigenvalue weighted by Crippen LogP contribution is -2.33. The molecule has 0 heterocycles. The van der Waals surface area contributed by atoms with Gasteiger partial charge in [0, 0.05) is 11.7 Å². The van der Waals surface area contributed by atoms with E-state index in [9.17, 15) is 22.7 Å². The third kappa shape index (κ3) is 4.92. The maximum atomic E-state index is 13.4. The number of carbonyl (C=O) groups is 1. The summed E-state index contributed by atoms with van der Waals surface area (Å²) in [6.07, 6.45) is 0.931. The molecule has 156 valence electrons. The van der Waals surface area contributed by atoms with Crippen LogP contribution in [0.4, 0.5) is 10.1 Å². The number of aryl methyl sites for hydroxylation is 1. The van der Waals surface area contributed by atoms with Crippen molar-refractivity contribution in [1.29, 1.82) is 0 Å². The van der Waals surface area contributed by atoms with Gasteiger partial charge in [0.25, 0.3) is 5.91 Å². The quantitative estimate of drug-likeness (QED) is 0.664. The second kappa shape index (κ2) is 8.48. The summed E-state index contributed by atoms with van der Waals surface area (Å²) in [5, 5.41) is 12.2. The molecule has 3 rings (SSSR count). The highest BCUT2D eigenvalue weighted by Gasteiger charge is 2.28. The summed E-state index contributed by atoms with van der Waals surface area (Å²) in [5.41, 5.74) is 0.778. The molecule has 1 fully saturated rings. The molecule has 0 aromatic heterocycles. The Kier molecular flexibility index (Phi) is 6.21. The lowest BCUT2D eigenvalue weighted by atomic mass is 10.1. The van der Waals surface area contributed by atoms with Crippen LogP contribution in [-0.2, 0) is 10.0 Å². The van der Waals surface area contributed by atoms with Gasteiger partial charge in [0.1, 0.15) is 11.6 Å². The molecule has 2 atom stereocenters. The number of ether oxygens (including phenoxy) is 1. The molecule has 1 amide bonds. The molecule has 0 unspecified atom stereocenters. The molecule has 0 bridgehead atoms. The van der Waals surface area contributed by atoms with Crippen molar-refractivity contribution >= 4 is 21.6 Å². The molecule has 0 aliphatic heterocycles. The van der Waals surface area contributed by atoms with Gasteiger partial charge in [-0.3, -0.25) is 4.79 Å². The Morgan fingerprint density at radius 1 is 1.21 bits per heavy atom. The van der Waals surface area contributed by atoms with Crippen molar-refractivity contribution in [2.24, 2.45) is 0 Å². The molecule has 7 nitrogen and oxygen atoms in total. The van der Waals surface area contributed by atoms with Gasteiger partial charge >= 0.3 is 0 Å². The van der Waals surface area contributed by atoms with Crippen LogP contribution < -0.4 is 14.8 Å². The number of benzene rings is 2. The second-order valence-electron chi connectivity index (χ2n) is 7.07. The monoisotopic (exact) mass is 422 g/mol. The molecule has 2 aromatic carbocycles. The van der Waals surface area contributed by atoms with Crippen molar-refractivity contribution < 1.29 is 27.4 Å². The zero-order chi connectivity index (χ0) is 21.2. The predicted octanol–water partition coefficient (Wildman–Crippen LogP) is 2.59. The van der Waals surface area contributed by atoms with Crippen molar-refractivity contribution in [2.75, 3.05) is 12.4 Å². The molecular weight excluding hydrogens is 399 g/mol. The standard InChI is InChI=1S/C20H23FN2O5S/c1-12-9-13(4-7-18(12)21)22-20(25)17-11-16(6-8-19(17)28-2)29(26,27)23-14-3-5-15(24)10-14/h4,6-9,11,14-15,23-24H,3,5,10H2,1-2H3,(H,22,25)/t14-,15+/m0/s1. The number of rotatable bonds is 6. The van der Waals surface area contributed by atoms with Crippen LogP contribution in [0.1, 0.15) is 35.2 Å². The SMILES string of the molecule is COc1ccc(S(=O)(=O)N[C@H]2CC[C@@H](O)C2)cc1C(=O)Nc1ccc(F)c(C)c1. The van der Waals surface area contributed by atoms with Gasteiger partial charge in [-0.25, -0.2) is 17.5 Å². The highest BCUT2D eigenvalue weighted by atomic mass is 32.2. The number of hydrogen-bond acceptors (Lipinski definition) is 5. The summed E-state index contributed by atoms with van der Waals surface area (Å²) in [4.78, 5) is 12.6. The van der Waals surface area contributed by atoms with E-state index in [4.69, 9.17) is 4.74 Å². The summed E-state index contributed by atoms with van der Waals surface area (Å²) in [7, 11) is -2.50. The number of hydrogen-bond donors (Lipinski definition) is 3. The van der Waals surface area contributed by atoms with Gasteiger partial charge in [0.2, 0.25) is 10.0 Å². The van der Waals surface area contributed by atoms with Crippen LogP contribution in [0.2, 0.25) is 0 Å². The number of nitrogens with one attached hydrogen (secondary N) is 2. The number of aliphatic hydroxyl groups excluding tert-OH is 1. The molecule has 29 heavy (non-hydrogen) atoms. The molecular formula is C20H23FN2O5S. The number of sulfonamides is 1. The van der Waals surface area contributed by atoms with Gasteiger partial charge in [-0.1, -0.05) is 0 Å². The molecule has 1 aliphatic rings. The van der Waals surface area contributed by atoms with Gasteiger partial charge in [-0.15, -0.1) is 0 Å². The topological polar surface area (TPSA) is 105 Å². The zero-order valence-electron chi connectivity index (χ0n) is 16.1. The first kappa shape index (κ1) is 21.2. The van der Waals surface area contributed by atoms with E-state index < -0.39 is 27.9 Å². The van der Waals surface area contributed by atoms with Crippen LogP contribution in [-0.4, -0.2) is 38.7 Å². The minimum atomic E-state index is -3.88. The van der Waals surface area contributed by atoms with Crippen molar-refractivity contribution in [1.82, 2.24) is 4.72 Å². The third-order valence-electron chi connectivity index (χ3n) is 4.87. The molecule has 0 radical (unpaired) electrons. The number of methoxy groups -OCH3 is 1. The highest BCUT2D eigenvalue weighted by Crippen LogP contribution is 2.26. The Labute approximate surface area is 168 Å². The van der Waals surface area contributed by atoms with Crippen LogP contribution in [0.25, 0.3) is 0 Å². The average Bonchev–Trinajstić information content (AvgIpc) is 3.08. The van der Waals surface area contributed by atoms with Crippen molar-refractivity contribution in [3.8, 4) is 5.75 Å². The lowest BCUT2D eigenvalue weighted by Gasteiger charge is -2.15. The largest absolute Gasteiger partial charge is 0.496 e. The summed E-state index contributed by atoms with van der Waals surface area (Å²) in [6.45, 7) is 1.57. The molecule has 1 aliphatic carbocycles.